The number of rotatable bonds is 7. The number of benzene rings is 2. The predicted molar refractivity (Wildman–Crippen MR) is 108 cm³/mol. The van der Waals surface area contributed by atoms with Gasteiger partial charge in [-0.1, -0.05) is 25.1 Å². The molecule has 6 heteroatoms. The van der Waals surface area contributed by atoms with Gasteiger partial charge in [-0.3, -0.25) is 4.79 Å². The van der Waals surface area contributed by atoms with E-state index in [4.69, 9.17) is 9.47 Å². The normalized spacial score (nSPS) is 14.1. The monoisotopic (exact) mass is 382 g/mol. The Hall–Kier alpha value is -3.02. The van der Waals surface area contributed by atoms with Crippen molar-refractivity contribution in [1.82, 2.24) is 5.32 Å². The Morgan fingerprint density at radius 1 is 1.14 bits per heavy atom. The van der Waals surface area contributed by atoms with Gasteiger partial charge in [-0.15, -0.1) is 0 Å². The number of carbonyl (C=O) groups excluding carboxylic acids is 2. The molecule has 0 atom stereocenters. The summed E-state index contributed by atoms with van der Waals surface area (Å²) in [4.78, 5) is 24.7. The van der Waals surface area contributed by atoms with Crippen LogP contribution in [0.5, 0.6) is 11.5 Å². The summed E-state index contributed by atoms with van der Waals surface area (Å²) < 4.78 is 11.0. The zero-order valence-electron chi connectivity index (χ0n) is 16.5. The maximum atomic E-state index is 12.9. The highest BCUT2D eigenvalue weighted by Crippen LogP contribution is 2.50. The van der Waals surface area contributed by atoms with Gasteiger partial charge >= 0.3 is 12.0 Å². The molecule has 1 saturated carbocycles. The van der Waals surface area contributed by atoms with E-state index >= 15 is 0 Å². The van der Waals surface area contributed by atoms with Crippen LogP contribution in [0.25, 0.3) is 0 Å². The molecule has 2 aromatic carbocycles. The molecule has 1 aliphatic rings. The first kappa shape index (κ1) is 19.7. The molecule has 1 aliphatic carbocycles. The minimum absolute atomic E-state index is 0.282. The molecule has 6 nitrogen and oxygen atoms in total. The lowest BCUT2D eigenvalue weighted by Gasteiger charge is -2.17. The lowest BCUT2D eigenvalue weighted by molar-refractivity contribution is -0.137. The number of esters is 1. The van der Waals surface area contributed by atoms with E-state index in [0.717, 1.165) is 36.1 Å². The fourth-order valence-electron chi connectivity index (χ4n) is 3.11. The number of amides is 2. The summed E-state index contributed by atoms with van der Waals surface area (Å²) in [6.45, 7) is 4.55. The van der Waals surface area contributed by atoms with Crippen molar-refractivity contribution in [3.05, 3.63) is 53.6 Å². The largest absolute Gasteiger partial charge is 0.496 e. The van der Waals surface area contributed by atoms with Crippen LogP contribution >= 0.6 is 0 Å². The molecule has 0 bridgehead atoms. The number of hydrogen-bond acceptors (Lipinski definition) is 4. The number of anilines is 1. The van der Waals surface area contributed by atoms with Crippen LogP contribution in [0.2, 0.25) is 0 Å². The Balaban J connectivity index is 1.71. The molecule has 0 spiro atoms. The highest BCUT2D eigenvalue weighted by molar-refractivity contribution is 5.90. The quantitative estimate of drug-likeness (QED) is 0.557. The predicted octanol–water partition coefficient (Wildman–Crippen LogP) is 4.17. The van der Waals surface area contributed by atoms with Gasteiger partial charge in [0.1, 0.15) is 11.5 Å². The van der Waals surface area contributed by atoms with Gasteiger partial charge in [0.05, 0.1) is 12.5 Å². The molecule has 0 radical (unpaired) electrons. The van der Waals surface area contributed by atoms with E-state index in [-0.39, 0.29) is 12.0 Å². The Morgan fingerprint density at radius 2 is 1.93 bits per heavy atom. The van der Waals surface area contributed by atoms with Crippen LogP contribution in [0.15, 0.2) is 42.5 Å². The second-order valence-electron chi connectivity index (χ2n) is 7.06. The molecule has 3 rings (SSSR count). The summed E-state index contributed by atoms with van der Waals surface area (Å²) in [5.41, 5.74) is 1.88. The van der Waals surface area contributed by atoms with Gasteiger partial charge in [-0.05, 0) is 55.5 Å². The van der Waals surface area contributed by atoms with E-state index in [0.29, 0.717) is 18.0 Å². The topological polar surface area (TPSA) is 76.7 Å². The van der Waals surface area contributed by atoms with Gasteiger partial charge < -0.3 is 20.1 Å². The summed E-state index contributed by atoms with van der Waals surface area (Å²) in [7, 11) is 1.62. The lowest BCUT2D eigenvalue weighted by Crippen LogP contribution is -2.29. The van der Waals surface area contributed by atoms with Crippen LogP contribution in [0.3, 0.4) is 0 Å². The molecule has 0 heterocycles. The van der Waals surface area contributed by atoms with Crippen molar-refractivity contribution in [2.45, 2.75) is 38.5 Å². The fourth-order valence-corrected chi connectivity index (χ4v) is 3.11. The maximum Gasteiger partial charge on any atom is 0.321 e. The molecule has 1 fully saturated rings. The van der Waals surface area contributed by atoms with E-state index in [1.54, 1.807) is 31.4 Å². The summed E-state index contributed by atoms with van der Waals surface area (Å²) in [5.74, 6) is 0.885. The van der Waals surface area contributed by atoms with Crippen molar-refractivity contribution in [3.8, 4) is 11.5 Å². The molecule has 0 aromatic heterocycles. The van der Waals surface area contributed by atoms with Crippen LogP contribution < -0.4 is 20.1 Å². The molecule has 2 amide bonds. The van der Waals surface area contributed by atoms with Crippen LogP contribution in [0.4, 0.5) is 10.5 Å². The average Bonchev–Trinajstić information content (AvgIpc) is 3.49. The highest BCUT2D eigenvalue weighted by atomic mass is 16.5. The van der Waals surface area contributed by atoms with Crippen molar-refractivity contribution in [1.29, 1.82) is 0 Å². The molecule has 0 unspecified atom stereocenters. The van der Waals surface area contributed by atoms with Crippen molar-refractivity contribution in [3.63, 3.8) is 0 Å². The van der Waals surface area contributed by atoms with E-state index in [9.17, 15) is 9.59 Å². The molecule has 28 heavy (non-hydrogen) atoms. The van der Waals surface area contributed by atoms with Crippen LogP contribution in [0.1, 0.15) is 37.3 Å². The van der Waals surface area contributed by atoms with Gasteiger partial charge in [0.15, 0.2) is 0 Å². The summed E-state index contributed by atoms with van der Waals surface area (Å²) in [6.07, 6.45) is 2.35. The second-order valence-corrected chi connectivity index (χ2v) is 7.06. The standard InChI is InChI=1S/C22H26N2O4/c1-4-12-23-21(26)24-17-6-5-7-18(14-17)28-20(25)22(10-11-22)16-9-8-15(2)19(13-16)27-3/h5-9,13-14H,4,10-12H2,1-3H3,(H2,23,24,26). The zero-order chi connectivity index (χ0) is 20.1. The number of nitrogens with one attached hydrogen (secondary N) is 2. The smallest absolute Gasteiger partial charge is 0.321 e. The third-order valence-electron chi connectivity index (χ3n) is 4.94. The second kappa shape index (κ2) is 8.33. The Labute approximate surface area is 165 Å². The minimum Gasteiger partial charge on any atom is -0.496 e. The Kier molecular flexibility index (Phi) is 5.87. The molecular weight excluding hydrogens is 356 g/mol. The number of carbonyl (C=O) groups is 2. The lowest BCUT2D eigenvalue weighted by atomic mass is 9.94. The first-order valence-electron chi connectivity index (χ1n) is 9.51. The van der Waals surface area contributed by atoms with E-state index < -0.39 is 5.41 Å². The molecule has 2 aromatic rings. The summed E-state index contributed by atoms with van der Waals surface area (Å²) in [6, 6.07) is 12.4. The molecule has 148 valence electrons. The number of urea groups is 1. The number of ether oxygens (including phenoxy) is 2. The van der Waals surface area contributed by atoms with Gasteiger partial charge in [0.25, 0.3) is 0 Å². The zero-order valence-corrected chi connectivity index (χ0v) is 16.5. The highest BCUT2D eigenvalue weighted by Gasteiger charge is 2.53. The number of methoxy groups -OCH3 is 1. The van der Waals surface area contributed by atoms with Crippen LogP contribution in [0, 0.1) is 6.92 Å². The van der Waals surface area contributed by atoms with Crippen molar-refractivity contribution < 1.29 is 19.1 Å². The molecule has 2 N–H and O–H groups in total. The first-order valence-corrected chi connectivity index (χ1v) is 9.51. The SMILES string of the molecule is CCCNC(=O)Nc1cccc(OC(=O)C2(c3ccc(C)c(OC)c3)CC2)c1. The van der Waals surface area contributed by atoms with Crippen LogP contribution in [-0.2, 0) is 10.2 Å². The molecular formula is C22H26N2O4. The van der Waals surface area contributed by atoms with E-state index in [1.165, 1.54) is 0 Å². The van der Waals surface area contributed by atoms with Gasteiger partial charge in [-0.2, -0.15) is 0 Å². The number of aryl methyl sites for hydroxylation is 1. The Bertz CT molecular complexity index is 875. The Morgan fingerprint density at radius 3 is 2.61 bits per heavy atom. The van der Waals surface area contributed by atoms with E-state index in [1.807, 2.05) is 32.0 Å². The third kappa shape index (κ3) is 4.27. The van der Waals surface area contributed by atoms with Gasteiger partial charge in [0, 0.05) is 18.3 Å². The van der Waals surface area contributed by atoms with Gasteiger partial charge in [-0.25, -0.2) is 4.79 Å². The average molecular weight is 382 g/mol. The fraction of sp³-hybridized carbons (Fsp3) is 0.364. The third-order valence-corrected chi connectivity index (χ3v) is 4.94. The van der Waals surface area contributed by atoms with Crippen molar-refractivity contribution >= 4 is 17.7 Å². The number of hydrogen-bond donors (Lipinski definition) is 2. The van der Waals surface area contributed by atoms with Crippen molar-refractivity contribution in [2.24, 2.45) is 0 Å². The summed E-state index contributed by atoms with van der Waals surface area (Å²) in [5, 5.41) is 5.48. The minimum atomic E-state index is -0.622. The van der Waals surface area contributed by atoms with E-state index in [2.05, 4.69) is 10.6 Å². The molecule has 0 aliphatic heterocycles. The van der Waals surface area contributed by atoms with Gasteiger partial charge in [0.2, 0.25) is 0 Å². The first-order chi connectivity index (χ1) is 13.5. The maximum absolute atomic E-state index is 12.9. The van der Waals surface area contributed by atoms with Crippen molar-refractivity contribution in [2.75, 3.05) is 19.0 Å². The van der Waals surface area contributed by atoms with Crippen LogP contribution in [-0.4, -0.2) is 25.7 Å². The molecule has 0 saturated heterocycles. The summed E-state index contributed by atoms with van der Waals surface area (Å²) >= 11 is 0.